The average molecular weight is 607 g/mol. The summed E-state index contributed by atoms with van der Waals surface area (Å²) in [5.74, 6) is -0.873. The second kappa shape index (κ2) is 12.6. The van der Waals surface area contributed by atoms with Crippen molar-refractivity contribution in [1.82, 2.24) is 19.9 Å². The predicted molar refractivity (Wildman–Crippen MR) is 170 cm³/mol. The number of carbonyl (C=O) groups excluding carboxylic acids is 1. The van der Waals surface area contributed by atoms with Gasteiger partial charge in [0.05, 0.1) is 29.9 Å². The van der Waals surface area contributed by atoms with Gasteiger partial charge in [0.2, 0.25) is 5.43 Å². The van der Waals surface area contributed by atoms with Crippen LogP contribution in [-0.2, 0) is 0 Å². The smallest absolute Gasteiger partial charge is 0.341 e. The minimum absolute atomic E-state index is 0.170. The standard InChI is InChI=1S/C31H38N6O5S/c1-7-33-30(42)36-25-11-18(28-35-22(15-43-28)26(32)16(2)3)20(12-34-25)17-8-9-23-19(10-17)27(39)21(29(40)41)13-37(23)24(14-38)31(4,5)6/h8-13,15-16,24,26,38H,7,14,32H2,1-6H3,(H,40,41)(H2,33,34,36,42)/t24-,26?/m1/s1. The summed E-state index contributed by atoms with van der Waals surface area (Å²) in [6, 6.07) is 5.77. The largest absolute Gasteiger partial charge is 0.477 e. The fourth-order valence-corrected chi connectivity index (χ4v) is 5.76. The van der Waals surface area contributed by atoms with E-state index in [0.29, 0.717) is 39.6 Å². The zero-order chi connectivity index (χ0) is 31.6. The molecule has 0 aliphatic carbocycles. The molecule has 12 heteroatoms. The molecule has 0 aliphatic heterocycles. The number of thiazole rings is 1. The Labute approximate surface area is 253 Å². The molecule has 0 spiro atoms. The highest BCUT2D eigenvalue weighted by Gasteiger charge is 2.28. The van der Waals surface area contributed by atoms with Gasteiger partial charge in [0.25, 0.3) is 0 Å². The Morgan fingerprint density at radius 2 is 1.88 bits per heavy atom. The van der Waals surface area contributed by atoms with Gasteiger partial charge < -0.3 is 25.8 Å². The van der Waals surface area contributed by atoms with Crippen LogP contribution in [-0.4, -0.2) is 49.9 Å². The number of pyridine rings is 2. The molecule has 3 heterocycles. The second-order valence-electron chi connectivity index (χ2n) is 11.8. The van der Waals surface area contributed by atoms with Crippen LogP contribution >= 0.6 is 11.3 Å². The van der Waals surface area contributed by atoms with Gasteiger partial charge in [0.1, 0.15) is 16.4 Å². The Kier molecular flexibility index (Phi) is 9.33. The lowest BCUT2D eigenvalue weighted by Gasteiger charge is -2.32. The highest BCUT2D eigenvalue weighted by Crippen LogP contribution is 2.38. The Balaban J connectivity index is 1.96. The first kappa shape index (κ1) is 31.8. The molecule has 228 valence electrons. The Bertz CT molecular complexity index is 1720. The number of aliphatic hydroxyl groups is 1. The van der Waals surface area contributed by atoms with Crippen molar-refractivity contribution in [2.24, 2.45) is 17.1 Å². The van der Waals surface area contributed by atoms with Crippen molar-refractivity contribution >= 4 is 40.1 Å². The number of fused-ring (bicyclic) bond motifs is 1. The molecule has 3 aromatic heterocycles. The van der Waals surface area contributed by atoms with E-state index in [1.165, 1.54) is 17.5 Å². The molecule has 0 aliphatic rings. The summed E-state index contributed by atoms with van der Waals surface area (Å²) in [5, 5.41) is 28.3. The van der Waals surface area contributed by atoms with Crippen molar-refractivity contribution in [3.05, 3.63) is 63.5 Å². The first-order valence-electron chi connectivity index (χ1n) is 14.1. The van der Waals surface area contributed by atoms with Gasteiger partial charge in [-0.15, -0.1) is 11.3 Å². The van der Waals surface area contributed by atoms with E-state index in [0.717, 1.165) is 5.69 Å². The van der Waals surface area contributed by atoms with Crippen LogP contribution in [0.15, 0.2) is 46.8 Å². The fourth-order valence-electron chi connectivity index (χ4n) is 4.87. The van der Waals surface area contributed by atoms with Crippen LogP contribution in [0.3, 0.4) is 0 Å². The maximum absolute atomic E-state index is 13.4. The van der Waals surface area contributed by atoms with Gasteiger partial charge in [-0.05, 0) is 42.0 Å². The molecule has 0 bridgehead atoms. The number of anilines is 1. The summed E-state index contributed by atoms with van der Waals surface area (Å²) in [5.41, 5.74) is 8.04. The van der Waals surface area contributed by atoms with Crippen LogP contribution in [0.2, 0.25) is 0 Å². The van der Waals surface area contributed by atoms with Gasteiger partial charge in [0.15, 0.2) is 0 Å². The van der Waals surface area contributed by atoms with Crippen LogP contribution < -0.4 is 21.8 Å². The maximum Gasteiger partial charge on any atom is 0.341 e. The van der Waals surface area contributed by atoms with E-state index in [-0.39, 0.29) is 29.5 Å². The summed E-state index contributed by atoms with van der Waals surface area (Å²) < 4.78 is 1.67. The molecule has 0 radical (unpaired) electrons. The number of aliphatic hydroxyl groups excluding tert-OH is 1. The second-order valence-corrected chi connectivity index (χ2v) is 12.7. The zero-order valence-corrected chi connectivity index (χ0v) is 26.0. The lowest BCUT2D eigenvalue weighted by Crippen LogP contribution is -2.30. The van der Waals surface area contributed by atoms with E-state index >= 15 is 0 Å². The number of carboxylic acid groups (broad SMARTS) is 1. The molecular weight excluding hydrogens is 568 g/mol. The Hall–Kier alpha value is -4.13. The average Bonchev–Trinajstić information content (AvgIpc) is 3.43. The number of hydrogen-bond acceptors (Lipinski definition) is 8. The topological polar surface area (TPSA) is 172 Å². The molecule has 43 heavy (non-hydrogen) atoms. The molecule has 2 amide bonds. The van der Waals surface area contributed by atoms with E-state index in [1.54, 1.807) is 29.0 Å². The quantitative estimate of drug-likeness (QED) is 0.172. The van der Waals surface area contributed by atoms with Gasteiger partial charge in [-0.3, -0.25) is 10.1 Å². The number of benzene rings is 1. The van der Waals surface area contributed by atoms with Gasteiger partial charge in [-0.1, -0.05) is 40.7 Å². The van der Waals surface area contributed by atoms with Gasteiger partial charge in [0, 0.05) is 40.8 Å². The summed E-state index contributed by atoms with van der Waals surface area (Å²) in [7, 11) is 0. The molecule has 4 rings (SSSR count). The zero-order valence-electron chi connectivity index (χ0n) is 25.1. The molecule has 4 aromatic rings. The highest BCUT2D eigenvalue weighted by atomic mass is 32.1. The molecule has 0 saturated heterocycles. The molecule has 1 aromatic carbocycles. The normalized spacial score (nSPS) is 13.2. The van der Waals surface area contributed by atoms with Crippen molar-refractivity contribution < 1.29 is 19.8 Å². The molecule has 6 N–H and O–H groups in total. The number of amides is 2. The summed E-state index contributed by atoms with van der Waals surface area (Å²) >= 11 is 1.40. The molecule has 1 unspecified atom stereocenters. The number of carboxylic acids is 1. The van der Waals surface area contributed by atoms with Crippen LogP contribution in [0, 0.1) is 11.3 Å². The van der Waals surface area contributed by atoms with E-state index in [4.69, 9.17) is 10.7 Å². The number of nitrogens with zero attached hydrogens (tertiary/aromatic N) is 3. The highest BCUT2D eigenvalue weighted by molar-refractivity contribution is 7.13. The number of urea groups is 1. The molecular formula is C31H38N6O5S. The van der Waals surface area contributed by atoms with Gasteiger partial charge >= 0.3 is 12.0 Å². The summed E-state index contributed by atoms with van der Waals surface area (Å²) in [4.78, 5) is 47.0. The Morgan fingerprint density at radius 1 is 1.16 bits per heavy atom. The van der Waals surface area contributed by atoms with Crippen molar-refractivity contribution in [2.75, 3.05) is 18.5 Å². The van der Waals surface area contributed by atoms with Crippen molar-refractivity contribution in [3.63, 3.8) is 0 Å². The van der Waals surface area contributed by atoms with Crippen molar-refractivity contribution in [3.8, 4) is 21.7 Å². The fraction of sp³-hybridized carbons (Fsp3) is 0.387. The number of nitrogens with two attached hydrogens (primary N) is 1. The number of aromatic nitrogens is 3. The van der Waals surface area contributed by atoms with Crippen LogP contribution in [0.5, 0.6) is 0 Å². The van der Waals surface area contributed by atoms with Gasteiger partial charge in [-0.25, -0.2) is 19.6 Å². The minimum atomic E-state index is -1.35. The first-order chi connectivity index (χ1) is 20.3. The number of rotatable bonds is 9. The van der Waals surface area contributed by atoms with E-state index in [2.05, 4.69) is 15.6 Å². The number of hydrogen-bond donors (Lipinski definition) is 5. The molecule has 2 atom stereocenters. The SMILES string of the molecule is CCNC(=O)Nc1cc(-c2nc(C(N)C(C)C)cs2)c(-c2ccc3c(c2)c(=O)c(C(=O)O)cn3[C@H](CO)C(C)(C)C)cn1. The maximum atomic E-state index is 13.4. The number of aromatic carboxylic acids is 1. The lowest BCUT2D eigenvalue weighted by molar-refractivity contribution is 0.0692. The number of nitrogens with one attached hydrogen (secondary N) is 2. The van der Waals surface area contributed by atoms with Crippen LogP contribution in [0.1, 0.15) is 69.7 Å². The third kappa shape index (κ3) is 6.61. The number of carbonyl (C=O) groups is 2. The monoisotopic (exact) mass is 606 g/mol. The molecule has 0 saturated carbocycles. The third-order valence-corrected chi connectivity index (χ3v) is 8.27. The van der Waals surface area contributed by atoms with E-state index in [9.17, 15) is 24.6 Å². The van der Waals surface area contributed by atoms with E-state index in [1.807, 2.05) is 53.0 Å². The van der Waals surface area contributed by atoms with Crippen LogP contribution in [0.4, 0.5) is 10.6 Å². The van der Waals surface area contributed by atoms with Crippen molar-refractivity contribution in [1.29, 1.82) is 0 Å². The van der Waals surface area contributed by atoms with Crippen molar-refractivity contribution in [2.45, 2.75) is 53.6 Å². The van der Waals surface area contributed by atoms with E-state index < -0.39 is 28.9 Å². The third-order valence-electron chi connectivity index (χ3n) is 7.38. The summed E-state index contributed by atoms with van der Waals surface area (Å²) in [6.45, 7) is 11.9. The Morgan fingerprint density at radius 3 is 2.49 bits per heavy atom. The minimum Gasteiger partial charge on any atom is -0.477 e. The lowest BCUT2D eigenvalue weighted by atomic mass is 9.86. The summed E-state index contributed by atoms with van der Waals surface area (Å²) in [6.07, 6.45) is 2.90. The predicted octanol–water partition coefficient (Wildman–Crippen LogP) is 5.26. The molecule has 11 nitrogen and oxygen atoms in total. The molecule has 0 fully saturated rings. The van der Waals surface area contributed by atoms with Gasteiger partial charge in [-0.2, -0.15) is 0 Å². The first-order valence-corrected chi connectivity index (χ1v) is 14.9. The van der Waals surface area contributed by atoms with Crippen LogP contribution in [0.25, 0.3) is 32.6 Å².